The van der Waals surface area contributed by atoms with Crippen molar-refractivity contribution in [1.82, 2.24) is 4.98 Å². The Kier molecular flexibility index (Phi) is 3.65. The maximum Gasteiger partial charge on any atom is 0.230 e. The fourth-order valence-corrected chi connectivity index (χ4v) is 0.944. The number of azide groups is 1. The number of carbonyl (C=O) groups excluding carboxylic acids is 1. The zero-order valence-corrected chi connectivity index (χ0v) is 9.73. The molecule has 7 heteroatoms. The Bertz CT molecular complexity index is 488. The smallest absolute Gasteiger partial charge is 0.230 e. The Morgan fingerprint density at radius 1 is 1.59 bits per heavy atom. The molecule has 0 spiro atoms. The molecule has 90 valence electrons. The van der Waals surface area contributed by atoms with Gasteiger partial charge in [0.15, 0.2) is 0 Å². The highest BCUT2D eigenvalue weighted by molar-refractivity contribution is 5.95. The number of pyridine rings is 1. The van der Waals surface area contributed by atoms with Crippen LogP contribution < -0.4 is 5.32 Å². The minimum Gasteiger partial charge on any atom is -0.310 e. The minimum atomic E-state index is -0.638. The van der Waals surface area contributed by atoms with Crippen LogP contribution in [0.3, 0.4) is 0 Å². The van der Waals surface area contributed by atoms with Crippen LogP contribution in [0.4, 0.5) is 15.9 Å². The molecule has 0 aromatic carbocycles. The standard InChI is InChI=1S/C10H12FN5O/c1-10(2,3)9(17)14-8-7(15-16-12)4-6(11)5-13-8/h4-5H,1-3H3,(H,13,14,17). The van der Waals surface area contributed by atoms with Crippen LogP contribution in [0.25, 0.3) is 10.4 Å². The van der Waals surface area contributed by atoms with Crippen LogP contribution in [0.5, 0.6) is 0 Å². The lowest BCUT2D eigenvalue weighted by Gasteiger charge is -2.17. The Hall–Kier alpha value is -2.14. The number of hydrogen-bond acceptors (Lipinski definition) is 3. The first-order valence-electron chi connectivity index (χ1n) is 4.86. The Morgan fingerprint density at radius 2 is 2.24 bits per heavy atom. The fourth-order valence-electron chi connectivity index (χ4n) is 0.944. The largest absolute Gasteiger partial charge is 0.310 e. The number of nitrogens with zero attached hydrogens (tertiary/aromatic N) is 4. The van der Waals surface area contributed by atoms with Crippen molar-refractivity contribution >= 4 is 17.4 Å². The molecule has 0 aliphatic heterocycles. The van der Waals surface area contributed by atoms with E-state index >= 15 is 0 Å². The number of halogens is 1. The van der Waals surface area contributed by atoms with Crippen LogP contribution in [0.15, 0.2) is 17.4 Å². The van der Waals surface area contributed by atoms with Gasteiger partial charge in [-0.25, -0.2) is 9.37 Å². The summed E-state index contributed by atoms with van der Waals surface area (Å²) in [6.07, 6.45) is 0.939. The normalized spacial score (nSPS) is 10.6. The Balaban J connectivity index is 3.06. The van der Waals surface area contributed by atoms with Gasteiger partial charge in [-0.2, -0.15) is 0 Å². The molecule has 1 rings (SSSR count). The van der Waals surface area contributed by atoms with E-state index in [-0.39, 0.29) is 17.4 Å². The third kappa shape index (κ3) is 3.42. The van der Waals surface area contributed by atoms with E-state index in [1.54, 1.807) is 20.8 Å². The van der Waals surface area contributed by atoms with Gasteiger partial charge in [0.25, 0.3) is 0 Å². The van der Waals surface area contributed by atoms with Crippen molar-refractivity contribution < 1.29 is 9.18 Å². The van der Waals surface area contributed by atoms with E-state index in [2.05, 4.69) is 20.3 Å². The summed E-state index contributed by atoms with van der Waals surface area (Å²) in [6, 6.07) is 1.00. The quantitative estimate of drug-likeness (QED) is 0.486. The molecule has 1 heterocycles. The van der Waals surface area contributed by atoms with Crippen LogP contribution in [0.2, 0.25) is 0 Å². The fraction of sp³-hybridized carbons (Fsp3) is 0.400. The van der Waals surface area contributed by atoms with Crippen molar-refractivity contribution in [3.8, 4) is 0 Å². The van der Waals surface area contributed by atoms with Gasteiger partial charge in [-0.05, 0) is 11.6 Å². The average Bonchev–Trinajstić information content (AvgIpc) is 2.21. The van der Waals surface area contributed by atoms with Gasteiger partial charge >= 0.3 is 0 Å². The second-order valence-electron chi connectivity index (χ2n) is 4.41. The molecule has 0 bridgehead atoms. The highest BCUT2D eigenvalue weighted by Crippen LogP contribution is 2.25. The van der Waals surface area contributed by atoms with E-state index in [4.69, 9.17) is 5.53 Å². The van der Waals surface area contributed by atoms with E-state index in [1.807, 2.05) is 0 Å². The maximum atomic E-state index is 12.9. The number of carbonyl (C=O) groups is 1. The minimum absolute atomic E-state index is 0.0455. The SMILES string of the molecule is CC(C)(C)C(=O)Nc1ncc(F)cc1N=[N+]=[N-]. The zero-order valence-electron chi connectivity index (χ0n) is 9.73. The van der Waals surface area contributed by atoms with Crippen LogP contribution in [0, 0.1) is 11.2 Å². The molecule has 1 N–H and O–H groups in total. The first-order valence-corrected chi connectivity index (χ1v) is 4.86. The third-order valence-corrected chi connectivity index (χ3v) is 1.90. The van der Waals surface area contributed by atoms with Crippen molar-refractivity contribution in [1.29, 1.82) is 0 Å². The molecule has 1 aromatic heterocycles. The van der Waals surface area contributed by atoms with Crippen LogP contribution in [-0.2, 0) is 4.79 Å². The molecule has 0 atom stereocenters. The average molecular weight is 237 g/mol. The van der Waals surface area contributed by atoms with Gasteiger partial charge < -0.3 is 5.32 Å². The summed E-state index contributed by atoms with van der Waals surface area (Å²) in [5.74, 6) is -0.892. The second-order valence-corrected chi connectivity index (χ2v) is 4.41. The van der Waals surface area contributed by atoms with Gasteiger partial charge in [-0.3, -0.25) is 4.79 Å². The molecular formula is C10H12FN5O. The Morgan fingerprint density at radius 3 is 2.76 bits per heavy atom. The summed E-state index contributed by atoms with van der Waals surface area (Å²) in [6.45, 7) is 5.16. The monoisotopic (exact) mass is 237 g/mol. The summed E-state index contributed by atoms with van der Waals surface area (Å²) in [7, 11) is 0. The summed E-state index contributed by atoms with van der Waals surface area (Å²) >= 11 is 0. The van der Waals surface area contributed by atoms with Gasteiger partial charge in [-0.15, -0.1) is 0 Å². The van der Waals surface area contributed by atoms with E-state index in [9.17, 15) is 9.18 Å². The van der Waals surface area contributed by atoms with Crippen molar-refractivity contribution in [2.24, 2.45) is 10.5 Å². The van der Waals surface area contributed by atoms with Gasteiger partial charge in [0.2, 0.25) is 5.91 Å². The first kappa shape index (κ1) is 12.9. The molecule has 0 fully saturated rings. The van der Waals surface area contributed by atoms with Crippen molar-refractivity contribution in [3.63, 3.8) is 0 Å². The summed E-state index contributed by atoms with van der Waals surface area (Å²) in [5, 5.41) is 5.75. The van der Waals surface area contributed by atoms with E-state index in [1.165, 1.54) is 0 Å². The summed E-state index contributed by atoms with van der Waals surface area (Å²) < 4.78 is 12.9. The van der Waals surface area contributed by atoms with Gasteiger partial charge in [0, 0.05) is 10.3 Å². The van der Waals surface area contributed by atoms with Gasteiger partial charge in [-0.1, -0.05) is 25.9 Å². The van der Waals surface area contributed by atoms with Crippen LogP contribution in [-0.4, -0.2) is 10.9 Å². The summed E-state index contributed by atoms with van der Waals surface area (Å²) in [5.41, 5.74) is 7.65. The van der Waals surface area contributed by atoms with Gasteiger partial charge in [0.05, 0.1) is 11.9 Å². The second kappa shape index (κ2) is 4.80. The Labute approximate surface area is 97.5 Å². The number of hydrogen-bond donors (Lipinski definition) is 1. The number of amides is 1. The zero-order chi connectivity index (χ0) is 13.1. The molecule has 1 aromatic rings. The maximum absolute atomic E-state index is 12.9. The van der Waals surface area contributed by atoms with Crippen LogP contribution >= 0.6 is 0 Å². The predicted octanol–water partition coefficient (Wildman–Crippen LogP) is 3.15. The molecule has 0 unspecified atom stereocenters. The molecule has 0 saturated heterocycles. The molecule has 0 saturated carbocycles. The summed E-state index contributed by atoms with van der Waals surface area (Å²) in [4.78, 5) is 17.9. The molecular weight excluding hydrogens is 225 g/mol. The molecule has 1 amide bonds. The predicted molar refractivity (Wildman–Crippen MR) is 61.1 cm³/mol. The van der Waals surface area contributed by atoms with E-state index in [0.717, 1.165) is 12.3 Å². The van der Waals surface area contributed by atoms with E-state index in [0.29, 0.717) is 0 Å². The third-order valence-electron chi connectivity index (χ3n) is 1.90. The molecule has 0 aliphatic rings. The lowest BCUT2D eigenvalue weighted by Crippen LogP contribution is -2.28. The molecule has 0 radical (unpaired) electrons. The van der Waals surface area contributed by atoms with Crippen molar-refractivity contribution in [3.05, 3.63) is 28.5 Å². The van der Waals surface area contributed by atoms with Crippen LogP contribution in [0.1, 0.15) is 20.8 Å². The van der Waals surface area contributed by atoms with Crippen molar-refractivity contribution in [2.45, 2.75) is 20.8 Å². The number of rotatable bonds is 2. The molecule has 17 heavy (non-hydrogen) atoms. The lowest BCUT2D eigenvalue weighted by molar-refractivity contribution is -0.123. The first-order chi connectivity index (χ1) is 7.84. The highest BCUT2D eigenvalue weighted by atomic mass is 19.1. The lowest BCUT2D eigenvalue weighted by atomic mass is 9.96. The molecule has 6 nitrogen and oxygen atoms in total. The highest BCUT2D eigenvalue weighted by Gasteiger charge is 2.22. The number of aromatic nitrogens is 1. The van der Waals surface area contributed by atoms with E-state index < -0.39 is 11.2 Å². The topological polar surface area (TPSA) is 90.8 Å². The number of nitrogens with one attached hydrogen (secondary N) is 1. The molecule has 0 aliphatic carbocycles. The van der Waals surface area contributed by atoms with Crippen molar-refractivity contribution in [2.75, 3.05) is 5.32 Å². The van der Waals surface area contributed by atoms with Gasteiger partial charge in [0.1, 0.15) is 11.6 Å². The number of anilines is 1.